The van der Waals surface area contributed by atoms with E-state index in [0.717, 1.165) is 6.42 Å². The van der Waals surface area contributed by atoms with Gasteiger partial charge in [0.25, 0.3) is 0 Å². The second kappa shape index (κ2) is 8.67. The molecule has 2 N–H and O–H groups in total. The van der Waals surface area contributed by atoms with Crippen molar-refractivity contribution in [2.45, 2.75) is 26.2 Å². The molecule has 0 fully saturated rings. The number of para-hydroxylation sites is 1. The molecular weight excluding hydrogens is 408 g/mol. The summed E-state index contributed by atoms with van der Waals surface area (Å²) >= 11 is 0. The number of benzene rings is 2. The van der Waals surface area contributed by atoms with Gasteiger partial charge in [-0.15, -0.1) is 0 Å². The first kappa shape index (κ1) is 21.3. The molecule has 0 unspecified atom stereocenters. The summed E-state index contributed by atoms with van der Waals surface area (Å²) in [5, 5.41) is 10.4. The molecule has 0 aliphatic carbocycles. The fourth-order valence-electron chi connectivity index (χ4n) is 3.79. The van der Waals surface area contributed by atoms with E-state index in [4.69, 9.17) is 24.4 Å². The van der Waals surface area contributed by atoms with Gasteiger partial charge < -0.3 is 24.4 Å². The highest BCUT2D eigenvalue weighted by atomic mass is 16.5. The van der Waals surface area contributed by atoms with E-state index in [2.05, 4.69) is 19.9 Å². The van der Waals surface area contributed by atoms with Gasteiger partial charge in [0.2, 0.25) is 5.88 Å². The number of allylic oxidation sites excluding steroid dienone is 1. The van der Waals surface area contributed by atoms with Crippen LogP contribution in [0.5, 0.6) is 17.2 Å². The molecule has 0 amide bonds. The monoisotopic (exact) mass is 432 g/mol. The Morgan fingerprint density at radius 1 is 1.19 bits per heavy atom. The topological polar surface area (TPSA) is 108 Å². The lowest BCUT2D eigenvalue weighted by Gasteiger charge is -2.26. The van der Waals surface area contributed by atoms with Crippen molar-refractivity contribution < 1.29 is 18.6 Å². The van der Waals surface area contributed by atoms with Gasteiger partial charge in [0.15, 0.2) is 17.2 Å². The van der Waals surface area contributed by atoms with E-state index < -0.39 is 11.5 Å². The van der Waals surface area contributed by atoms with Gasteiger partial charge in [-0.25, -0.2) is 4.79 Å². The number of nitrogens with two attached hydrogens (primary N) is 1. The standard InChI is InChI=1S/C25H24N2O5/c1-14(2)10-11-30-19-9-8-15(12-20(19)29-3)21-17(13-26)24(27)32-23-16-6-4-5-7-18(16)31-25(28)22(21)23/h4-9,12,14,21H,10-11,27H2,1-3H3/t21-/m0/s1. The van der Waals surface area contributed by atoms with Gasteiger partial charge in [-0.1, -0.05) is 32.0 Å². The first-order valence-corrected chi connectivity index (χ1v) is 10.4. The lowest BCUT2D eigenvalue weighted by molar-refractivity contribution is 0.273. The van der Waals surface area contributed by atoms with Gasteiger partial charge in [0.1, 0.15) is 17.2 Å². The van der Waals surface area contributed by atoms with Crippen LogP contribution in [0, 0.1) is 17.2 Å². The summed E-state index contributed by atoms with van der Waals surface area (Å²) in [6, 6.07) is 14.5. The predicted molar refractivity (Wildman–Crippen MR) is 120 cm³/mol. The Labute approximate surface area is 185 Å². The molecule has 1 aliphatic rings. The van der Waals surface area contributed by atoms with E-state index in [1.54, 1.807) is 43.5 Å². The van der Waals surface area contributed by atoms with Crippen LogP contribution < -0.4 is 25.6 Å². The summed E-state index contributed by atoms with van der Waals surface area (Å²) in [6.07, 6.45) is 0.907. The van der Waals surface area contributed by atoms with Crippen molar-refractivity contribution in [3.05, 3.63) is 75.5 Å². The highest BCUT2D eigenvalue weighted by molar-refractivity contribution is 5.86. The molecule has 4 rings (SSSR count). The van der Waals surface area contributed by atoms with Crippen molar-refractivity contribution in [1.29, 1.82) is 5.26 Å². The van der Waals surface area contributed by atoms with Gasteiger partial charge in [0, 0.05) is 0 Å². The summed E-state index contributed by atoms with van der Waals surface area (Å²) in [5.41, 5.74) is 6.92. The average molecular weight is 432 g/mol. The summed E-state index contributed by atoms with van der Waals surface area (Å²) in [6.45, 7) is 4.81. The van der Waals surface area contributed by atoms with Gasteiger partial charge in [-0.2, -0.15) is 5.26 Å². The Kier molecular flexibility index (Phi) is 5.78. The third kappa shape index (κ3) is 3.76. The molecule has 0 spiro atoms. The highest BCUT2D eigenvalue weighted by Gasteiger charge is 2.35. The van der Waals surface area contributed by atoms with E-state index in [1.165, 1.54) is 0 Å². The summed E-state index contributed by atoms with van der Waals surface area (Å²) in [4.78, 5) is 13.0. The minimum atomic E-state index is -0.761. The molecule has 2 heterocycles. The first-order valence-electron chi connectivity index (χ1n) is 10.4. The summed E-state index contributed by atoms with van der Waals surface area (Å²) in [5.74, 6) is 1.10. The second-order valence-electron chi connectivity index (χ2n) is 7.99. The summed E-state index contributed by atoms with van der Waals surface area (Å²) < 4.78 is 22.7. The lowest BCUT2D eigenvalue weighted by atomic mass is 9.83. The average Bonchev–Trinajstić information content (AvgIpc) is 2.78. The maximum atomic E-state index is 13.0. The second-order valence-corrected chi connectivity index (χ2v) is 7.99. The van der Waals surface area contributed by atoms with Crippen LogP contribution in [0.25, 0.3) is 11.0 Å². The summed E-state index contributed by atoms with van der Waals surface area (Å²) in [7, 11) is 1.55. The zero-order chi connectivity index (χ0) is 22.8. The molecule has 0 bridgehead atoms. The van der Waals surface area contributed by atoms with Crippen molar-refractivity contribution >= 4 is 11.0 Å². The van der Waals surface area contributed by atoms with Crippen molar-refractivity contribution in [1.82, 2.24) is 0 Å². The Balaban J connectivity index is 1.85. The van der Waals surface area contributed by atoms with E-state index in [-0.39, 0.29) is 17.0 Å². The molecule has 164 valence electrons. The molecule has 0 saturated heterocycles. The largest absolute Gasteiger partial charge is 0.493 e. The molecule has 7 nitrogen and oxygen atoms in total. The first-order chi connectivity index (χ1) is 15.4. The van der Waals surface area contributed by atoms with Crippen LogP contribution in [0.1, 0.15) is 37.3 Å². The number of hydrogen-bond acceptors (Lipinski definition) is 7. The molecule has 1 aliphatic heterocycles. The van der Waals surface area contributed by atoms with Crippen molar-refractivity contribution in [2.24, 2.45) is 11.7 Å². The van der Waals surface area contributed by atoms with Crippen LogP contribution in [-0.4, -0.2) is 13.7 Å². The number of nitrogens with zero attached hydrogens (tertiary/aromatic N) is 1. The van der Waals surface area contributed by atoms with Gasteiger partial charge in [0.05, 0.1) is 30.6 Å². The predicted octanol–water partition coefficient (Wildman–Crippen LogP) is 4.44. The van der Waals surface area contributed by atoms with Crippen LogP contribution >= 0.6 is 0 Å². The Morgan fingerprint density at radius 2 is 1.97 bits per heavy atom. The minimum Gasteiger partial charge on any atom is -0.493 e. The molecule has 2 aromatic carbocycles. The molecular formula is C25H24N2O5. The number of ether oxygens (including phenoxy) is 3. The van der Waals surface area contributed by atoms with Gasteiger partial charge in [-0.3, -0.25) is 0 Å². The van der Waals surface area contributed by atoms with Crippen LogP contribution in [0.15, 0.2) is 63.1 Å². The van der Waals surface area contributed by atoms with Crippen LogP contribution in [-0.2, 0) is 0 Å². The van der Waals surface area contributed by atoms with Crippen molar-refractivity contribution in [2.75, 3.05) is 13.7 Å². The van der Waals surface area contributed by atoms with E-state index in [9.17, 15) is 10.1 Å². The molecule has 1 aromatic heterocycles. The number of fused-ring (bicyclic) bond motifs is 3. The fraction of sp³-hybridized carbons (Fsp3) is 0.280. The van der Waals surface area contributed by atoms with E-state index in [1.807, 2.05) is 6.07 Å². The van der Waals surface area contributed by atoms with Crippen molar-refractivity contribution in [3.63, 3.8) is 0 Å². The zero-order valence-electron chi connectivity index (χ0n) is 18.2. The van der Waals surface area contributed by atoms with Crippen LogP contribution in [0.4, 0.5) is 0 Å². The SMILES string of the molecule is COc1cc([C@H]2C(C#N)=C(N)Oc3c2c(=O)oc2ccccc32)ccc1OCCC(C)C. The van der Waals surface area contributed by atoms with Crippen LogP contribution in [0.2, 0.25) is 0 Å². The molecule has 7 heteroatoms. The Morgan fingerprint density at radius 3 is 2.69 bits per heavy atom. The maximum absolute atomic E-state index is 13.0. The van der Waals surface area contributed by atoms with Gasteiger partial charge in [-0.05, 0) is 42.2 Å². The van der Waals surface area contributed by atoms with Gasteiger partial charge >= 0.3 is 5.63 Å². The van der Waals surface area contributed by atoms with E-state index in [0.29, 0.717) is 46.3 Å². The lowest BCUT2D eigenvalue weighted by Crippen LogP contribution is -2.26. The van der Waals surface area contributed by atoms with Crippen LogP contribution in [0.3, 0.4) is 0 Å². The third-order valence-electron chi connectivity index (χ3n) is 5.45. The Bertz CT molecular complexity index is 1300. The van der Waals surface area contributed by atoms with Crippen molar-refractivity contribution in [3.8, 4) is 23.3 Å². The third-order valence-corrected chi connectivity index (χ3v) is 5.45. The molecule has 1 atom stereocenters. The molecule has 32 heavy (non-hydrogen) atoms. The Hall–Kier alpha value is -3.92. The number of hydrogen-bond donors (Lipinski definition) is 1. The van der Waals surface area contributed by atoms with E-state index >= 15 is 0 Å². The maximum Gasteiger partial charge on any atom is 0.344 e. The quantitative estimate of drug-likeness (QED) is 0.574. The smallest absolute Gasteiger partial charge is 0.344 e. The fourth-order valence-corrected chi connectivity index (χ4v) is 3.79. The number of nitriles is 1. The zero-order valence-corrected chi connectivity index (χ0v) is 18.2. The number of rotatable bonds is 6. The molecule has 0 saturated carbocycles. The highest BCUT2D eigenvalue weighted by Crippen LogP contribution is 2.45. The molecule has 3 aromatic rings. The number of methoxy groups -OCH3 is 1. The normalized spacial score (nSPS) is 15.3. The minimum absolute atomic E-state index is 0.0445. The molecule has 0 radical (unpaired) electrons.